The van der Waals surface area contributed by atoms with E-state index in [0.717, 1.165) is 36.1 Å². The maximum Gasteiger partial charge on any atom is 0.0642 e. The standard InChI is InChI=1S/C17H23ClN2O/c18-16-7-11(10-19-12-2-3-12)1-6-17(16)20-13-4-5-14(20)9-15(21)8-13/h1,6-7,12-15,19,21H,2-5,8-10H2. The zero-order valence-corrected chi connectivity index (χ0v) is 13.0. The predicted octanol–water partition coefficient (Wildman–Crippen LogP) is 3.08. The van der Waals surface area contributed by atoms with Crippen LogP contribution in [0.5, 0.6) is 0 Å². The van der Waals surface area contributed by atoms with Gasteiger partial charge < -0.3 is 15.3 Å². The maximum atomic E-state index is 9.93. The van der Waals surface area contributed by atoms with Crippen LogP contribution in [0.2, 0.25) is 5.02 Å². The fraction of sp³-hybridized carbons (Fsp3) is 0.647. The summed E-state index contributed by atoms with van der Waals surface area (Å²) in [6.07, 6.45) is 6.64. The summed E-state index contributed by atoms with van der Waals surface area (Å²) in [7, 11) is 0. The number of aliphatic hydroxyl groups excluding tert-OH is 1. The summed E-state index contributed by atoms with van der Waals surface area (Å²) in [5, 5.41) is 14.3. The Morgan fingerprint density at radius 2 is 1.86 bits per heavy atom. The molecule has 2 aliphatic heterocycles. The average Bonchev–Trinajstić information content (AvgIpc) is 3.23. The number of piperidine rings is 1. The summed E-state index contributed by atoms with van der Waals surface area (Å²) in [6, 6.07) is 8.13. The first-order chi connectivity index (χ1) is 10.2. The number of hydrogen-bond donors (Lipinski definition) is 2. The van der Waals surface area contributed by atoms with Gasteiger partial charge in [-0.2, -0.15) is 0 Å². The molecule has 0 spiro atoms. The number of halogens is 1. The van der Waals surface area contributed by atoms with Gasteiger partial charge in [0.15, 0.2) is 0 Å². The number of benzene rings is 1. The number of anilines is 1. The predicted molar refractivity (Wildman–Crippen MR) is 85.8 cm³/mol. The molecule has 2 saturated heterocycles. The molecule has 114 valence electrons. The molecule has 0 radical (unpaired) electrons. The Morgan fingerprint density at radius 3 is 2.48 bits per heavy atom. The molecule has 2 bridgehead atoms. The zero-order valence-electron chi connectivity index (χ0n) is 12.3. The summed E-state index contributed by atoms with van der Waals surface area (Å²) in [5.74, 6) is 0. The van der Waals surface area contributed by atoms with Crippen molar-refractivity contribution in [1.29, 1.82) is 0 Å². The van der Waals surface area contributed by atoms with Crippen molar-refractivity contribution in [2.75, 3.05) is 4.90 Å². The minimum atomic E-state index is -0.125. The Kier molecular flexibility index (Phi) is 3.60. The summed E-state index contributed by atoms with van der Waals surface area (Å²) in [6.45, 7) is 0.913. The minimum Gasteiger partial charge on any atom is -0.393 e. The van der Waals surface area contributed by atoms with Crippen LogP contribution < -0.4 is 10.2 Å². The molecule has 2 N–H and O–H groups in total. The third-order valence-corrected chi connectivity index (χ3v) is 5.47. The third kappa shape index (κ3) is 2.79. The highest BCUT2D eigenvalue weighted by molar-refractivity contribution is 6.33. The Hall–Kier alpha value is -0.770. The summed E-state index contributed by atoms with van der Waals surface area (Å²) < 4.78 is 0. The molecule has 2 unspecified atom stereocenters. The molecule has 0 amide bonds. The lowest BCUT2D eigenvalue weighted by Gasteiger charge is -2.39. The largest absolute Gasteiger partial charge is 0.393 e. The molecule has 4 heteroatoms. The van der Waals surface area contributed by atoms with Crippen LogP contribution in [0.1, 0.15) is 44.1 Å². The number of fused-ring (bicyclic) bond motifs is 2. The van der Waals surface area contributed by atoms with Gasteiger partial charge in [-0.3, -0.25) is 0 Å². The van der Waals surface area contributed by atoms with Gasteiger partial charge in [0, 0.05) is 24.7 Å². The van der Waals surface area contributed by atoms with E-state index in [1.54, 1.807) is 0 Å². The van der Waals surface area contributed by atoms with E-state index in [1.807, 2.05) is 0 Å². The second kappa shape index (κ2) is 5.45. The van der Waals surface area contributed by atoms with Crippen LogP contribution in [-0.2, 0) is 6.54 Å². The topological polar surface area (TPSA) is 35.5 Å². The van der Waals surface area contributed by atoms with Crippen molar-refractivity contribution < 1.29 is 5.11 Å². The quantitative estimate of drug-likeness (QED) is 0.897. The van der Waals surface area contributed by atoms with Crippen molar-refractivity contribution in [3.63, 3.8) is 0 Å². The van der Waals surface area contributed by atoms with Crippen molar-refractivity contribution >= 4 is 17.3 Å². The number of nitrogens with zero attached hydrogens (tertiary/aromatic N) is 1. The van der Waals surface area contributed by atoms with Crippen molar-refractivity contribution in [1.82, 2.24) is 5.32 Å². The minimum absolute atomic E-state index is 0.125. The molecular formula is C17H23ClN2O. The first-order valence-corrected chi connectivity index (χ1v) is 8.56. The molecule has 3 aliphatic rings. The molecule has 1 aromatic rings. The highest BCUT2D eigenvalue weighted by atomic mass is 35.5. The van der Waals surface area contributed by atoms with Crippen LogP contribution in [0.25, 0.3) is 0 Å². The van der Waals surface area contributed by atoms with E-state index < -0.39 is 0 Å². The van der Waals surface area contributed by atoms with Crippen LogP contribution in [0.15, 0.2) is 18.2 Å². The normalized spacial score (nSPS) is 31.7. The lowest BCUT2D eigenvalue weighted by molar-refractivity contribution is 0.126. The number of hydrogen-bond acceptors (Lipinski definition) is 3. The first kappa shape index (κ1) is 13.9. The van der Waals surface area contributed by atoms with Gasteiger partial charge in [0.05, 0.1) is 16.8 Å². The van der Waals surface area contributed by atoms with Crippen molar-refractivity contribution in [3.8, 4) is 0 Å². The van der Waals surface area contributed by atoms with Crippen molar-refractivity contribution in [2.45, 2.75) is 69.3 Å². The Bertz CT molecular complexity index is 518. The molecule has 0 aromatic heterocycles. The van der Waals surface area contributed by atoms with Gasteiger partial charge in [-0.15, -0.1) is 0 Å². The fourth-order valence-corrected chi connectivity index (χ4v) is 4.26. The molecule has 3 nitrogen and oxygen atoms in total. The first-order valence-electron chi connectivity index (χ1n) is 8.19. The number of rotatable bonds is 4. The summed E-state index contributed by atoms with van der Waals surface area (Å²) >= 11 is 6.56. The Morgan fingerprint density at radius 1 is 1.14 bits per heavy atom. The van der Waals surface area contributed by atoms with E-state index in [-0.39, 0.29) is 6.10 Å². The van der Waals surface area contributed by atoms with Gasteiger partial charge in [-0.25, -0.2) is 0 Å². The molecule has 21 heavy (non-hydrogen) atoms. The van der Waals surface area contributed by atoms with E-state index in [1.165, 1.54) is 31.2 Å². The fourth-order valence-electron chi connectivity index (χ4n) is 3.96. The maximum absolute atomic E-state index is 9.93. The van der Waals surface area contributed by atoms with Crippen LogP contribution in [0.3, 0.4) is 0 Å². The molecular weight excluding hydrogens is 284 g/mol. The molecule has 4 rings (SSSR count). The second-order valence-corrected chi connectivity index (χ2v) is 7.27. The average molecular weight is 307 g/mol. The molecule has 3 fully saturated rings. The monoisotopic (exact) mass is 306 g/mol. The molecule has 2 heterocycles. The lowest BCUT2D eigenvalue weighted by Crippen LogP contribution is -2.44. The highest BCUT2D eigenvalue weighted by Gasteiger charge is 2.40. The number of aliphatic hydroxyl groups is 1. The molecule has 2 atom stereocenters. The smallest absolute Gasteiger partial charge is 0.0642 e. The van der Waals surface area contributed by atoms with E-state index in [4.69, 9.17) is 11.6 Å². The molecule has 1 aromatic carbocycles. The third-order valence-electron chi connectivity index (χ3n) is 5.17. The van der Waals surface area contributed by atoms with Gasteiger partial charge in [0.25, 0.3) is 0 Å². The van der Waals surface area contributed by atoms with Crippen LogP contribution in [-0.4, -0.2) is 29.3 Å². The van der Waals surface area contributed by atoms with E-state index in [2.05, 4.69) is 28.4 Å². The van der Waals surface area contributed by atoms with E-state index in [9.17, 15) is 5.11 Å². The molecule has 1 aliphatic carbocycles. The van der Waals surface area contributed by atoms with Gasteiger partial charge in [-0.1, -0.05) is 17.7 Å². The van der Waals surface area contributed by atoms with Gasteiger partial charge in [0.1, 0.15) is 0 Å². The Balaban J connectivity index is 1.52. The van der Waals surface area contributed by atoms with Crippen molar-refractivity contribution in [2.24, 2.45) is 0 Å². The molecule has 1 saturated carbocycles. The SMILES string of the molecule is OC1CC2CCC(C1)N2c1ccc(CNC2CC2)cc1Cl. The highest BCUT2D eigenvalue weighted by Crippen LogP contribution is 2.42. The van der Waals surface area contributed by atoms with Crippen LogP contribution >= 0.6 is 11.6 Å². The van der Waals surface area contributed by atoms with Gasteiger partial charge in [-0.05, 0) is 56.2 Å². The van der Waals surface area contributed by atoms with Crippen LogP contribution in [0.4, 0.5) is 5.69 Å². The Labute approximate surface area is 131 Å². The second-order valence-electron chi connectivity index (χ2n) is 6.86. The van der Waals surface area contributed by atoms with E-state index >= 15 is 0 Å². The lowest BCUT2D eigenvalue weighted by atomic mass is 9.99. The summed E-state index contributed by atoms with van der Waals surface area (Å²) in [4.78, 5) is 2.47. The van der Waals surface area contributed by atoms with Gasteiger partial charge >= 0.3 is 0 Å². The van der Waals surface area contributed by atoms with Crippen LogP contribution in [0, 0.1) is 0 Å². The van der Waals surface area contributed by atoms with E-state index in [0.29, 0.717) is 12.1 Å². The van der Waals surface area contributed by atoms with Gasteiger partial charge in [0.2, 0.25) is 0 Å². The summed E-state index contributed by atoms with van der Waals surface area (Å²) in [5.41, 5.74) is 2.42. The van der Waals surface area contributed by atoms with Crippen molar-refractivity contribution in [3.05, 3.63) is 28.8 Å². The zero-order chi connectivity index (χ0) is 14.4. The number of nitrogens with one attached hydrogen (secondary N) is 1.